The third-order valence-corrected chi connectivity index (χ3v) is 5.13. The third-order valence-electron chi connectivity index (χ3n) is 4.87. The maximum absolute atomic E-state index is 5.20. The zero-order valence-corrected chi connectivity index (χ0v) is 12.5. The molecule has 3 aliphatic carbocycles. The standard InChI is InChI=1S/C14H20N4S/c1-4-12-16-17-13(19)18(12)15-8-9-5-6-10-7-11(9)14(10,2)3/h5,8,10-11H,4,6-7H2,1-3H3,(H,17,19)/t10-,11+/m0/s1. The van der Waals surface area contributed by atoms with Crippen LogP contribution >= 0.6 is 12.2 Å². The minimum absolute atomic E-state index is 0.432. The van der Waals surface area contributed by atoms with Gasteiger partial charge >= 0.3 is 0 Å². The summed E-state index contributed by atoms with van der Waals surface area (Å²) in [7, 11) is 0. The molecule has 102 valence electrons. The molecule has 0 aromatic carbocycles. The fourth-order valence-corrected chi connectivity index (χ4v) is 3.54. The Morgan fingerprint density at radius 1 is 1.63 bits per heavy atom. The average molecular weight is 276 g/mol. The molecule has 0 amide bonds. The highest BCUT2D eigenvalue weighted by molar-refractivity contribution is 7.71. The van der Waals surface area contributed by atoms with Crippen LogP contribution in [0.25, 0.3) is 0 Å². The molecule has 0 unspecified atom stereocenters. The molecule has 1 N–H and O–H groups in total. The summed E-state index contributed by atoms with van der Waals surface area (Å²) in [4.78, 5) is 0. The van der Waals surface area contributed by atoms with Gasteiger partial charge in [-0.3, -0.25) is 5.10 Å². The first-order valence-electron chi connectivity index (χ1n) is 6.94. The predicted octanol–water partition coefficient (Wildman–Crippen LogP) is 3.33. The number of aryl methyl sites for hydroxylation is 1. The predicted molar refractivity (Wildman–Crippen MR) is 78.8 cm³/mol. The van der Waals surface area contributed by atoms with Crippen molar-refractivity contribution >= 4 is 18.4 Å². The Labute approximate surface area is 118 Å². The Morgan fingerprint density at radius 2 is 2.42 bits per heavy atom. The molecule has 0 aliphatic heterocycles. The Bertz CT molecular complexity index is 605. The molecule has 0 radical (unpaired) electrons. The van der Waals surface area contributed by atoms with Gasteiger partial charge in [0.2, 0.25) is 4.77 Å². The molecule has 3 aliphatic rings. The smallest absolute Gasteiger partial charge is 0.216 e. The molecule has 0 spiro atoms. The van der Waals surface area contributed by atoms with E-state index in [0.717, 1.165) is 18.2 Å². The van der Waals surface area contributed by atoms with Gasteiger partial charge < -0.3 is 0 Å². The topological polar surface area (TPSA) is 46.0 Å². The van der Waals surface area contributed by atoms with Crippen LogP contribution in [0.3, 0.4) is 0 Å². The fourth-order valence-electron chi connectivity index (χ4n) is 3.34. The Hall–Kier alpha value is -1.23. The first kappa shape index (κ1) is 12.8. The quantitative estimate of drug-likeness (QED) is 0.680. The van der Waals surface area contributed by atoms with Crippen LogP contribution in [-0.4, -0.2) is 21.1 Å². The Balaban J connectivity index is 1.86. The SMILES string of the molecule is CCc1n[nH]c(=S)n1N=CC1=CC[C@H]2C[C@H]1C2(C)C. The van der Waals surface area contributed by atoms with Crippen LogP contribution in [0.4, 0.5) is 0 Å². The number of nitrogens with one attached hydrogen (secondary N) is 1. The van der Waals surface area contributed by atoms with Gasteiger partial charge in [-0.05, 0) is 47.9 Å². The molecule has 1 aromatic heterocycles. The van der Waals surface area contributed by atoms with Crippen molar-refractivity contribution in [3.8, 4) is 0 Å². The summed E-state index contributed by atoms with van der Waals surface area (Å²) in [5.41, 5.74) is 1.79. The average Bonchev–Trinajstić information content (AvgIpc) is 2.76. The Kier molecular flexibility index (Phi) is 2.96. The van der Waals surface area contributed by atoms with Crippen LogP contribution in [0.15, 0.2) is 16.8 Å². The second-order valence-electron chi connectivity index (χ2n) is 6.10. The summed E-state index contributed by atoms with van der Waals surface area (Å²) in [5, 5.41) is 11.5. The van der Waals surface area contributed by atoms with Gasteiger partial charge in [-0.25, -0.2) is 0 Å². The van der Waals surface area contributed by atoms with E-state index < -0.39 is 0 Å². The van der Waals surface area contributed by atoms with E-state index in [1.54, 1.807) is 4.68 Å². The fraction of sp³-hybridized carbons (Fsp3) is 0.643. The third kappa shape index (κ3) is 1.91. The van der Waals surface area contributed by atoms with Crippen molar-refractivity contribution < 1.29 is 0 Å². The number of aromatic amines is 1. The monoisotopic (exact) mass is 276 g/mol. The van der Waals surface area contributed by atoms with Crippen LogP contribution in [0.2, 0.25) is 0 Å². The maximum Gasteiger partial charge on any atom is 0.216 e. The van der Waals surface area contributed by atoms with Crippen molar-refractivity contribution in [1.29, 1.82) is 0 Å². The van der Waals surface area contributed by atoms with Gasteiger partial charge in [0.15, 0.2) is 5.82 Å². The van der Waals surface area contributed by atoms with E-state index in [1.165, 1.54) is 18.4 Å². The van der Waals surface area contributed by atoms with Crippen molar-refractivity contribution in [2.24, 2.45) is 22.4 Å². The lowest BCUT2D eigenvalue weighted by Crippen LogP contribution is -2.48. The van der Waals surface area contributed by atoms with Gasteiger partial charge in [0, 0.05) is 6.42 Å². The second kappa shape index (κ2) is 4.40. The van der Waals surface area contributed by atoms with Gasteiger partial charge in [0.25, 0.3) is 0 Å². The summed E-state index contributed by atoms with van der Waals surface area (Å²) in [6.07, 6.45) is 7.63. The van der Waals surface area contributed by atoms with E-state index in [4.69, 9.17) is 12.2 Å². The minimum atomic E-state index is 0.432. The van der Waals surface area contributed by atoms with Crippen LogP contribution in [0, 0.1) is 22.0 Å². The van der Waals surface area contributed by atoms with E-state index in [9.17, 15) is 0 Å². The number of hydrogen-bond acceptors (Lipinski definition) is 3. The molecular formula is C14H20N4S. The molecule has 19 heavy (non-hydrogen) atoms. The van der Waals surface area contributed by atoms with Crippen molar-refractivity contribution in [2.75, 3.05) is 0 Å². The van der Waals surface area contributed by atoms with Crippen LogP contribution < -0.4 is 0 Å². The largest absolute Gasteiger partial charge is 0.250 e. The van der Waals surface area contributed by atoms with Gasteiger partial charge in [-0.1, -0.05) is 26.8 Å². The minimum Gasteiger partial charge on any atom is -0.250 e. The lowest BCUT2D eigenvalue weighted by molar-refractivity contribution is -0.00127. The maximum atomic E-state index is 5.20. The number of rotatable bonds is 3. The van der Waals surface area contributed by atoms with Crippen molar-refractivity contribution in [1.82, 2.24) is 14.9 Å². The van der Waals surface area contributed by atoms with E-state index in [-0.39, 0.29) is 0 Å². The van der Waals surface area contributed by atoms with Crippen LogP contribution in [0.1, 0.15) is 39.4 Å². The summed E-state index contributed by atoms with van der Waals surface area (Å²) in [5.74, 6) is 2.39. The molecule has 2 bridgehead atoms. The number of hydrogen-bond donors (Lipinski definition) is 1. The van der Waals surface area contributed by atoms with E-state index in [0.29, 0.717) is 16.1 Å². The molecule has 4 rings (SSSR count). The van der Waals surface area contributed by atoms with Crippen molar-refractivity contribution in [2.45, 2.75) is 40.0 Å². The second-order valence-corrected chi connectivity index (χ2v) is 6.49. The highest BCUT2D eigenvalue weighted by Gasteiger charge is 2.50. The zero-order valence-electron chi connectivity index (χ0n) is 11.7. The summed E-state index contributed by atoms with van der Waals surface area (Å²) in [6, 6.07) is 0. The van der Waals surface area contributed by atoms with E-state index >= 15 is 0 Å². The summed E-state index contributed by atoms with van der Waals surface area (Å²) in [6.45, 7) is 6.79. The van der Waals surface area contributed by atoms with Crippen molar-refractivity contribution in [3.63, 3.8) is 0 Å². The lowest BCUT2D eigenvalue weighted by atomic mass is 9.49. The van der Waals surface area contributed by atoms with Gasteiger partial charge in [0.05, 0.1) is 6.21 Å². The van der Waals surface area contributed by atoms with Gasteiger partial charge in [-0.15, -0.1) is 0 Å². The Morgan fingerprint density at radius 3 is 3.05 bits per heavy atom. The molecule has 1 saturated carbocycles. The van der Waals surface area contributed by atoms with E-state index in [1.807, 2.05) is 6.21 Å². The summed E-state index contributed by atoms with van der Waals surface area (Å²) < 4.78 is 2.30. The molecule has 0 saturated heterocycles. The molecule has 4 nitrogen and oxygen atoms in total. The number of H-pyrrole nitrogens is 1. The van der Waals surface area contributed by atoms with E-state index in [2.05, 4.69) is 42.1 Å². The van der Waals surface area contributed by atoms with Gasteiger partial charge in [-0.2, -0.15) is 14.9 Å². The lowest BCUT2D eigenvalue weighted by Gasteiger charge is -2.55. The number of aromatic nitrogens is 3. The normalized spacial score (nSPS) is 28.3. The first-order valence-corrected chi connectivity index (χ1v) is 7.35. The number of nitrogens with zero attached hydrogens (tertiary/aromatic N) is 3. The molecule has 5 heteroatoms. The zero-order chi connectivity index (χ0) is 13.6. The van der Waals surface area contributed by atoms with Crippen LogP contribution in [-0.2, 0) is 6.42 Å². The molecule has 1 heterocycles. The highest BCUT2D eigenvalue weighted by atomic mass is 32.1. The molecule has 1 aromatic rings. The number of fused-ring (bicyclic) bond motifs is 1. The summed E-state index contributed by atoms with van der Waals surface area (Å²) >= 11 is 5.20. The molecule has 1 fully saturated rings. The molecular weight excluding hydrogens is 256 g/mol. The van der Waals surface area contributed by atoms with Gasteiger partial charge in [0.1, 0.15) is 0 Å². The highest BCUT2D eigenvalue weighted by Crippen LogP contribution is 2.58. The van der Waals surface area contributed by atoms with Crippen LogP contribution in [0.5, 0.6) is 0 Å². The van der Waals surface area contributed by atoms with Crippen molar-refractivity contribution in [3.05, 3.63) is 22.2 Å². The molecule has 2 atom stereocenters. The first-order chi connectivity index (χ1) is 9.04. The number of allylic oxidation sites excluding steroid dienone is 2.